The van der Waals surface area contributed by atoms with Gasteiger partial charge in [0.05, 0.1) is 28.1 Å². The Morgan fingerprint density at radius 3 is 2.12 bits per heavy atom. The number of aromatic nitrogens is 2. The van der Waals surface area contributed by atoms with Crippen molar-refractivity contribution in [2.24, 2.45) is 0 Å². The van der Waals surface area contributed by atoms with Crippen molar-refractivity contribution in [3.05, 3.63) is 63.0 Å². The van der Waals surface area contributed by atoms with Gasteiger partial charge in [-0.2, -0.15) is 18.3 Å². The number of carbonyl (C=O) groups is 2. The van der Waals surface area contributed by atoms with Gasteiger partial charge in [-0.3, -0.25) is 14.4 Å². The maximum Gasteiger partial charge on any atom is 0.490 e. The molecule has 43 heavy (non-hydrogen) atoms. The largest absolute Gasteiger partial charge is 0.490 e. The SMILES string of the molecule is Cc1nn(C2CCN(C(C)c3cc(Cl)cc(Cl)c3)CC2)c2cc(F)c(C(=O)NS(=O)(=O)C3CC3)cc12.O=C(O)C(F)(F)F. The number of nitrogens with one attached hydrogen (secondary N) is 1. The first-order valence-corrected chi connectivity index (χ1v) is 15.5. The number of carbonyl (C=O) groups excluding carboxylic acids is 1. The highest BCUT2D eigenvalue weighted by atomic mass is 35.5. The summed E-state index contributed by atoms with van der Waals surface area (Å²) >= 11 is 12.4. The van der Waals surface area contributed by atoms with Gasteiger partial charge in [0, 0.05) is 40.6 Å². The van der Waals surface area contributed by atoms with E-state index in [2.05, 4.69) is 16.9 Å². The van der Waals surface area contributed by atoms with Gasteiger partial charge >= 0.3 is 12.1 Å². The van der Waals surface area contributed by atoms with E-state index in [1.54, 1.807) is 13.0 Å². The van der Waals surface area contributed by atoms with Gasteiger partial charge in [-0.15, -0.1) is 0 Å². The minimum atomic E-state index is -5.08. The number of piperidine rings is 1. The van der Waals surface area contributed by atoms with Gasteiger partial charge in [-0.05, 0) is 69.4 Å². The predicted octanol–water partition coefficient (Wildman–Crippen LogP) is 6.04. The molecule has 2 aliphatic rings. The molecule has 2 fully saturated rings. The fourth-order valence-electron chi connectivity index (χ4n) is 4.95. The van der Waals surface area contributed by atoms with Gasteiger partial charge < -0.3 is 5.11 Å². The van der Waals surface area contributed by atoms with Crippen molar-refractivity contribution in [3.8, 4) is 0 Å². The minimum absolute atomic E-state index is 0.0712. The fraction of sp³-hybridized carbons (Fsp3) is 0.444. The molecule has 9 nitrogen and oxygen atoms in total. The number of amides is 1. The van der Waals surface area contributed by atoms with Crippen LogP contribution in [0, 0.1) is 12.7 Å². The second-order valence-corrected chi connectivity index (χ2v) is 13.3. The van der Waals surface area contributed by atoms with Crippen molar-refractivity contribution < 1.29 is 40.7 Å². The monoisotopic (exact) mass is 666 g/mol. The van der Waals surface area contributed by atoms with Crippen molar-refractivity contribution in [3.63, 3.8) is 0 Å². The Kier molecular flexibility index (Phi) is 9.64. The number of fused-ring (bicyclic) bond motifs is 1. The number of hydrogen-bond donors (Lipinski definition) is 2. The lowest BCUT2D eigenvalue weighted by Gasteiger charge is -2.36. The average Bonchev–Trinajstić information content (AvgIpc) is 3.72. The van der Waals surface area contributed by atoms with Crippen LogP contribution in [-0.2, 0) is 14.8 Å². The first kappa shape index (κ1) is 33.0. The van der Waals surface area contributed by atoms with Crippen molar-refractivity contribution in [1.82, 2.24) is 19.4 Å². The van der Waals surface area contributed by atoms with Crippen LogP contribution in [0.15, 0.2) is 30.3 Å². The van der Waals surface area contributed by atoms with E-state index in [1.807, 2.05) is 21.5 Å². The van der Waals surface area contributed by atoms with E-state index in [1.165, 1.54) is 12.1 Å². The molecule has 16 heteroatoms. The summed E-state index contributed by atoms with van der Waals surface area (Å²) in [6.07, 6.45) is -2.42. The van der Waals surface area contributed by atoms with Gasteiger partial charge in [-0.1, -0.05) is 23.2 Å². The number of carboxylic acid groups (broad SMARTS) is 1. The van der Waals surface area contributed by atoms with Gasteiger partial charge in [0.15, 0.2) is 0 Å². The molecule has 2 heterocycles. The third-order valence-electron chi connectivity index (χ3n) is 7.42. The molecular weight excluding hydrogens is 639 g/mol. The number of alkyl halides is 3. The lowest BCUT2D eigenvalue weighted by molar-refractivity contribution is -0.192. The summed E-state index contributed by atoms with van der Waals surface area (Å²) in [7, 11) is -3.77. The summed E-state index contributed by atoms with van der Waals surface area (Å²) in [6, 6.07) is 8.49. The maximum absolute atomic E-state index is 15.0. The zero-order valence-electron chi connectivity index (χ0n) is 23.0. The molecule has 1 atom stereocenters. The quantitative estimate of drug-likeness (QED) is 0.308. The molecule has 2 aromatic carbocycles. The van der Waals surface area contributed by atoms with E-state index in [4.69, 9.17) is 33.1 Å². The predicted molar refractivity (Wildman–Crippen MR) is 152 cm³/mol. The normalized spacial score (nSPS) is 17.3. The molecule has 3 aromatic rings. The summed E-state index contributed by atoms with van der Waals surface area (Å²) < 4.78 is 74.9. The van der Waals surface area contributed by atoms with Crippen molar-refractivity contribution >= 4 is 56.0 Å². The van der Waals surface area contributed by atoms with E-state index in [9.17, 15) is 26.4 Å². The number of nitrogens with zero attached hydrogens (tertiary/aromatic N) is 3. The maximum atomic E-state index is 15.0. The number of aliphatic carboxylic acids is 1. The second kappa shape index (κ2) is 12.6. The van der Waals surface area contributed by atoms with E-state index in [-0.39, 0.29) is 17.6 Å². The molecule has 0 bridgehead atoms. The highest BCUT2D eigenvalue weighted by Gasteiger charge is 2.38. The van der Waals surface area contributed by atoms with Crippen LogP contribution >= 0.6 is 23.2 Å². The lowest BCUT2D eigenvalue weighted by atomic mass is 10.00. The lowest BCUT2D eigenvalue weighted by Crippen LogP contribution is -2.36. The third-order valence-corrected chi connectivity index (χ3v) is 9.68. The first-order valence-electron chi connectivity index (χ1n) is 13.2. The van der Waals surface area contributed by atoms with Crippen molar-refractivity contribution in [1.29, 1.82) is 0 Å². The highest BCUT2D eigenvalue weighted by molar-refractivity contribution is 7.91. The van der Waals surface area contributed by atoms with Crippen LogP contribution in [0.5, 0.6) is 0 Å². The molecule has 0 radical (unpaired) electrons. The molecule has 0 spiro atoms. The Bertz CT molecular complexity index is 1630. The number of carboxylic acids is 1. The van der Waals surface area contributed by atoms with Crippen LogP contribution in [0.3, 0.4) is 0 Å². The van der Waals surface area contributed by atoms with E-state index in [0.29, 0.717) is 39.5 Å². The molecule has 1 amide bonds. The number of sulfonamides is 1. The number of benzene rings is 2. The number of likely N-dealkylation sites (tertiary alicyclic amines) is 1. The Morgan fingerprint density at radius 1 is 1.05 bits per heavy atom. The summed E-state index contributed by atoms with van der Waals surface area (Å²) in [5, 5.41) is 13.1. The number of aryl methyl sites for hydroxylation is 1. The zero-order chi connectivity index (χ0) is 31.9. The van der Waals surface area contributed by atoms with Crippen molar-refractivity contribution in [2.45, 2.75) is 63.0 Å². The third kappa shape index (κ3) is 7.78. The second-order valence-electron chi connectivity index (χ2n) is 10.5. The standard InChI is InChI=1S/C25H27Cl2FN4O3S.C2HF3O2/c1-14-21-12-22(25(33)30-36(34,35)20-3-4-20)23(28)13-24(21)32(29-14)19-5-7-31(8-6-19)15(2)16-9-17(26)11-18(27)10-16;3-2(4,5)1(6)7/h9-13,15,19-20H,3-8H2,1-2H3,(H,30,33);(H,6,7). The summed E-state index contributed by atoms with van der Waals surface area (Å²) in [6.45, 7) is 5.57. The Balaban J connectivity index is 0.000000541. The number of rotatable bonds is 6. The molecule has 1 unspecified atom stereocenters. The molecular formula is C27H28Cl2F4N4O5S. The van der Waals surface area contributed by atoms with Crippen LogP contribution in [0.25, 0.3) is 10.9 Å². The molecule has 2 N–H and O–H groups in total. The van der Waals surface area contributed by atoms with E-state index in [0.717, 1.165) is 31.5 Å². The van der Waals surface area contributed by atoms with Crippen molar-refractivity contribution in [2.75, 3.05) is 13.1 Å². The Morgan fingerprint density at radius 2 is 1.60 bits per heavy atom. The summed E-state index contributed by atoms with van der Waals surface area (Å²) in [5.41, 5.74) is 2.02. The Hall–Kier alpha value is -2.94. The van der Waals surface area contributed by atoms with Gasteiger partial charge in [-0.25, -0.2) is 22.3 Å². The minimum Gasteiger partial charge on any atom is -0.475 e. The van der Waals surface area contributed by atoms with Gasteiger partial charge in [0.1, 0.15) is 5.82 Å². The Labute approximate surface area is 254 Å². The molecule has 1 aliphatic heterocycles. The topological polar surface area (TPSA) is 122 Å². The van der Waals surface area contributed by atoms with Crippen LogP contribution in [-0.4, -0.2) is 64.6 Å². The van der Waals surface area contributed by atoms with Crippen LogP contribution in [0.1, 0.15) is 66.3 Å². The fourth-order valence-corrected chi connectivity index (χ4v) is 6.79. The molecule has 5 rings (SSSR count). The molecule has 1 aromatic heterocycles. The van der Waals surface area contributed by atoms with Crippen LogP contribution in [0.2, 0.25) is 10.0 Å². The van der Waals surface area contributed by atoms with Gasteiger partial charge in [0.2, 0.25) is 10.0 Å². The highest BCUT2D eigenvalue weighted by Crippen LogP contribution is 2.34. The smallest absolute Gasteiger partial charge is 0.475 e. The number of hydrogen-bond acceptors (Lipinski definition) is 6. The zero-order valence-corrected chi connectivity index (χ0v) is 25.3. The average molecular weight is 668 g/mol. The summed E-state index contributed by atoms with van der Waals surface area (Å²) in [4.78, 5) is 23.8. The first-order chi connectivity index (χ1) is 20.0. The molecule has 1 saturated heterocycles. The van der Waals surface area contributed by atoms with E-state index < -0.39 is 39.1 Å². The molecule has 1 saturated carbocycles. The van der Waals surface area contributed by atoms with Crippen LogP contribution < -0.4 is 4.72 Å². The molecule has 1 aliphatic carbocycles. The summed E-state index contributed by atoms with van der Waals surface area (Å²) in [5.74, 6) is -4.47. The molecule has 234 valence electrons. The van der Waals surface area contributed by atoms with Gasteiger partial charge in [0.25, 0.3) is 5.91 Å². The number of halogens is 6. The van der Waals surface area contributed by atoms with Crippen LogP contribution in [0.4, 0.5) is 17.6 Å². The van der Waals surface area contributed by atoms with E-state index >= 15 is 4.39 Å².